The van der Waals surface area contributed by atoms with Crippen molar-refractivity contribution in [2.75, 3.05) is 19.7 Å². The fourth-order valence-corrected chi connectivity index (χ4v) is 5.16. The number of aliphatic hydroxyl groups is 1. The van der Waals surface area contributed by atoms with Crippen LogP contribution in [-0.2, 0) is 4.74 Å². The van der Waals surface area contributed by atoms with Crippen molar-refractivity contribution in [2.45, 2.75) is 88.9 Å². The Morgan fingerprint density at radius 1 is 1.19 bits per heavy atom. The fraction of sp³-hybridized carbons (Fsp3) is 1.00. The minimum absolute atomic E-state index is 0.00342. The summed E-state index contributed by atoms with van der Waals surface area (Å²) >= 11 is 0. The van der Waals surface area contributed by atoms with Crippen LogP contribution in [-0.4, -0.2) is 46.9 Å². The Hall–Kier alpha value is -0.120. The molecule has 0 aromatic rings. The molecule has 122 valence electrons. The lowest BCUT2D eigenvalue weighted by molar-refractivity contribution is -0.172. The molecule has 1 spiro atoms. The van der Waals surface area contributed by atoms with E-state index in [1.807, 2.05) is 0 Å². The third-order valence-electron chi connectivity index (χ3n) is 6.75. The van der Waals surface area contributed by atoms with Gasteiger partial charge in [-0.3, -0.25) is 4.90 Å². The first-order valence-corrected chi connectivity index (χ1v) is 9.23. The van der Waals surface area contributed by atoms with Gasteiger partial charge in [-0.25, -0.2) is 0 Å². The van der Waals surface area contributed by atoms with Crippen molar-refractivity contribution in [3.8, 4) is 0 Å². The molecule has 1 N–H and O–H groups in total. The third-order valence-corrected chi connectivity index (χ3v) is 6.75. The molecule has 0 amide bonds. The maximum atomic E-state index is 11.3. The van der Waals surface area contributed by atoms with E-state index in [9.17, 15) is 5.11 Å². The summed E-state index contributed by atoms with van der Waals surface area (Å²) in [7, 11) is 0. The minimum atomic E-state index is -0.188. The van der Waals surface area contributed by atoms with E-state index in [2.05, 4.69) is 18.7 Å². The second-order valence-electron chi connectivity index (χ2n) is 7.59. The first kappa shape index (κ1) is 15.8. The number of nitrogens with zero attached hydrogens (tertiary/aromatic N) is 1. The summed E-state index contributed by atoms with van der Waals surface area (Å²) < 4.78 is 6.06. The van der Waals surface area contributed by atoms with Crippen LogP contribution in [0.25, 0.3) is 0 Å². The summed E-state index contributed by atoms with van der Waals surface area (Å²) in [5, 5.41) is 11.3. The zero-order chi connectivity index (χ0) is 14.9. The van der Waals surface area contributed by atoms with Gasteiger partial charge in [0.2, 0.25) is 0 Å². The molecule has 1 aliphatic carbocycles. The zero-order valence-corrected chi connectivity index (χ0v) is 13.9. The van der Waals surface area contributed by atoms with Crippen LogP contribution in [0.5, 0.6) is 0 Å². The Morgan fingerprint density at radius 3 is 2.38 bits per heavy atom. The molecule has 0 aromatic heterocycles. The summed E-state index contributed by atoms with van der Waals surface area (Å²) in [6, 6.07) is 0. The second-order valence-corrected chi connectivity index (χ2v) is 7.59. The molecule has 3 rings (SSSR count). The molecule has 3 heteroatoms. The van der Waals surface area contributed by atoms with E-state index in [1.54, 1.807) is 0 Å². The Morgan fingerprint density at radius 2 is 1.86 bits per heavy atom. The lowest BCUT2D eigenvalue weighted by Gasteiger charge is -2.52. The van der Waals surface area contributed by atoms with Crippen LogP contribution in [0.2, 0.25) is 0 Å². The van der Waals surface area contributed by atoms with Crippen molar-refractivity contribution >= 4 is 0 Å². The zero-order valence-electron chi connectivity index (χ0n) is 13.9. The average molecular weight is 295 g/mol. The van der Waals surface area contributed by atoms with Crippen LogP contribution in [0.3, 0.4) is 0 Å². The lowest BCUT2D eigenvalue weighted by atomic mass is 9.67. The van der Waals surface area contributed by atoms with Crippen molar-refractivity contribution in [3.05, 3.63) is 0 Å². The number of rotatable bonds is 5. The first-order valence-electron chi connectivity index (χ1n) is 9.23. The normalized spacial score (nSPS) is 31.3. The molecule has 3 fully saturated rings. The largest absolute Gasteiger partial charge is 0.391 e. The van der Waals surface area contributed by atoms with Crippen LogP contribution >= 0.6 is 0 Å². The summed E-state index contributed by atoms with van der Waals surface area (Å²) in [6.07, 6.45) is 10.4. The van der Waals surface area contributed by atoms with Gasteiger partial charge in [-0.05, 0) is 76.8 Å². The topological polar surface area (TPSA) is 32.7 Å². The molecule has 2 heterocycles. The van der Waals surface area contributed by atoms with Crippen molar-refractivity contribution in [2.24, 2.45) is 5.92 Å². The van der Waals surface area contributed by atoms with Crippen molar-refractivity contribution in [1.82, 2.24) is 4.90 Å². The van der Waals surface area contributed by atoms with Crippen molar-refractivity contribution in [3.63, 3.8) is 0 Å². The SMILES string of the molecule is CCC(CC)(C(O)C1CCOC2(CCC2)C1)N1CCCC1. The minimum Gasteiger partial charge on any atom is -0.391 e. The van der Waals surface area contributed by atoms with Gasteiger partial charge in [-0.1, -0.05) is 13.8 Å². The molecule has 2 aliphatic heterocycles. The molecular formula is C18H33NO2. The monoisotopic (exact) mass is 295 g/mol. The number of likely N-dealkylation sites (tertiary alicyclic amines) is 1. The third kappa shape index (κ3) is 2.66. The molecule has 0 radical (unpaired) electrons. The molecular weight excluding hydrogens is 262 g/mol. The first-order chi connectivity index (χ1) is 10.2. The Bertz CT molecular complexity index is 343. The van der Waals surface area contributed by atoms with E-state index in [4.69, 9.17) is 4.74 Å². The molecule has 0 bridgehead atoms. The van der Waals surface area contributed by atoms with Crippen LogP contribution in [0.4, 0.5) is 0 Å². The quantitative estimate of drug-likeness (QED) is 0.844. The maximum absolute atomic E-state index is 11.3. The van der Waals surface area contributed by atoms with Gasteiger partial charge in [0.1, 0.15) is 0 Å². The standard InChI is InChI=1S/C18H33NO2/c1-3-18(4-2,19-11-5-6-12-19)16(20)15-8-13-21-17(14-15)9-7-10-17/h15-16,20H,3-14H2,1-2H3. The molecule has 3 nitrogen and oxygen atoms in total. The summed E-state index contributed by atoms with van der Waals surface area (Å²) in [5.41, 5.74) is 0.144. The van der Waals surface area contributed by atoms with E-state index in [1.165, 1.54) is 45.2 Å². The summed E-state index contributed by atoms with van der Waals surface area (Å²) in [6.45, 7) is 7.73. The van der Waals surface area contributed by atoms with Crippen molar-refractivity contribution in [1.29, 1.82) is 0 Å². The Balaban J connectivity index is 1.75. The van der Waals surface area contributed by atoms with E-state index >= 15 is 0 Å². The van der Waals surface area contributed by atoms with Gasteiger partial charge in [0.15, 0.2) is 0 Å². The highest BCUT2D eigenvalue weighted by atomic mass is 16.5. The van der Waals surface area contributed by atoms with Crippen LogP contribution < -0.4 is 0 Å². The van der Waals surface area contributed by atoms with E-state index in [0.29, 0.717) is 5.92 Å². The molecule has 3 aliphatic rings. The maximum Gasteiger partial charge on any atom is 0.0753 e. The average Bonchev–Trinajstić information content (AvgIpc) is 3.02. The van der Waals surface area contributed by atoms with Gasteiger partial charge in [0.05, 0.1) is 11.7 Å². The summed E-state index contributed by atoms with van der Waals surface area (Å²) in [4.78, 5) is 2.60. The second kappa shape index (κ2) is 6.17. The molecule has 0 aromatic carbocycles. The smallest absolute Gasteiger partial charge is 0.0753 e. The number of hydrogen-bond donors (Lipinski definition) is 1. The van der Waals surface area contributed by atoms with Crippen LogP contribution in [0.1, 0.15) is 71.6 Å². The number of aliphatic hydroxyl groups excluding tert-OH is 1. The molecule has 2 atom stereocenters. The van der Waals surface area contributed by atoms with E-state index in [0.717, 1.165) is 32.3 Å². The lowest BCUT2D eigenvalue weighted by Crippen LogP contribution is -2.60. The highest BCUT2D eigenvalue weighted by Crippen LogP contribution is 2.47. The molecule has 1 saturated carbocycles. The Kier molecular flexibility index (Phi) is 4.63. The van der Waals surface area contributed by atoms with Gasteiger partial charge >= 0.3 is 0 Å². The predicted molar refractivity (Wildman–Crippen MR) is 85.4 cm³/mol. The highest BCUT2D eigenvalue weighted by molar-refractivity contribution is 5.03. The van der Waals surface area contributed by atoms with E-state index in [-0.39, 0.29) is 17.2 Å². The van der Waals surface area contributed by atoms with Gasteiger partial charge in [-0.15, -0.1) is 0 Å². The Labute approximate surface area is 130 Å². The van der Waals surface area contributed by atoms with Gasteiger partial charge < -0.3 is 9.84 Å². The van der Waals surface area contributed by atoms with Gasteiger partial charge in [-0.2, -0.15) is 0 Å². The summed E-state index contributed by atoms with van der Waals surface area (Å²) in [5.74, 6) is 0.430. The van der Waals surface area contributed by atoms with Crippen molar-refractivity contribution < 1.29 is 9.84 Å². The van der Waals surface area contributed by atoms with E-state index < -0.39 is 0 Å². The number of ether oxygens (including phenoxy) is 1. The highest BCUT2D eigenvalue weighted by Gasteiger charge is 2.50. The fourth-order valence-electron chi connectivity index (χ4n) is 5.16. The van der Waals surface area contributed by atoms with Gasteiger partial charge in [0, 0.05) is 12.1 Å². The molecule has 21 heavy (non-hydrogen) atoms. The molecule has 2 unspecified atom stereocenters. The van der Waals surface area contributed by atoms with Crippen LogP contribution in [0.15, 0.2) is 0 Å². The van der Waals surface area contributed by atoms with Gasteiger partial charge in [0.25, 0.3) is 0 Å². The molecule has 2 saturated heterocycles. The predicted octanol–water partition coefficient (Wildman–Crippen LogP) is 3.35. The van der Waals surface area contributed by atoms with Crippen LogP contribution in [0, 0.1) is 5.92 Å². The number of hydrogen-bond acceptors (Lipinski definition) is 3.